The highest BCUT2D eigenvalue weighted by atomic mass is 16.5. The molecule has 2 bridgehead atoms. The van der Waals surface area contributed by atoms with E-state index in [1.54, 1.807) is 4.90 Å². The van der Waals surface area contributed by atoms with Crippen molar-refractivity contribution < 1.29 is 33.3 Å². The Balaban J connectivity index is 1.70. The molecule has 2 aliphatic heterocycles. The Bertz CT molecular complexity index is 1140. The van der Waals surface area contributed by atoms with Gasteiger partial charge in [0.1, 0.15) is 5.92 Å². The molecule has 0 aromatic heterocycles. The summed E-state index contributed by atoms with van der Waals surface area (Å²) in [6, 6.07) is 19.1. The molecule has 4 rings (SSSR count). The lowest BCUT2D eigenvalue weighted by Crippen LogP contribution is -2.69. The average molecular weight is 552 g/mol. The second-order valence-corrected chi connectivity index (χ2v) is 10.9. The van der Waals surface area contributed by atoms with Gasteiger partial charge in [-0.1, -0.05) is 87.4 Å². The van der Waals surface area contributed by atoms with Crippen LogP contribution < -0.4 is 0 Å². The van der Waals surface area contributed by atoms with Gasteiger partial charge >= 0.3 is 12.1 Å². The minimum absolute atomic E-state index is 0.213. The van der Waals surface area contributed by atoms with Gasteiger partial charge in [0.25, 0.3) is 0 Å². The van der Waals surface area contributed by atoms with E-state index in [4.69, 9.17) is 18.9 Å². The molecule has 1 amide bonds. The topological polar surface area (TPSA) is 91.4 Å². The first-order valence-electron chi connectivity index (χ1n) is 14.1. The number of rotatable bonds is 12. The highest BCUT2D eigenvalue weighted by molar-refractivity contribution is 6.04. The van der Waals surface area contributed by atoms with Crippen molar-refractivity contribution >= 4 is 17.8 Å². The quantitative estimate of drug-likeness (QED) is 0.265. The first kappa shape index (κ1) is 29.7. The summed E-state index contributed by atoms with van der Waals surface area (Å²) in [6.07, 6.45) is 1.24. The molecule has 2 heterocycles. The summed E-state index contributed by atoms with van der Waals surface area (Å²) in [7, 11) is 2.62. The second-order valence-electron chi connectivity index (χ2n) is 10.9. The summed E-state index contributed by atoms with van der Waals surface area (Å²) in [5, 5.41) is 0. The van der Waals surface area contributed by atoms with E-state index < -0.39 is 41.6 Å². The Morgan fingerprint density at radius 2 is 1.60 bits per heavy atom. The van der Waals surface area contributed by atoms with E-state index in [0.29, 0.717) is 39.1 Å². The van der Waals surface area contributed by atoms with Crippen LogP contribution in [0.25, 0.3) is 0 Å². The lowest BCUT2D eigenvalue weighted by atomic mass is 9.67. The lowest BCUT2D eigenvalue weighted by Gasteiger charge is -2.51. The first-order valence-corrected chi connectivity index (χ1v) is 14.1. The Morgan fingerprint density at radius 3 is 2.17 bits per heavy atom. The number of ketones is 1. The van der Waals surface area contributed by atoms with E-state index in [2.05, 4.69) is 0 Å². The van der Waals surface area contributed by atoms with Crippen LogP contribution in [-0.2, 0) is 41.8 Å². The molecule has 0 saturated carbocycles. The molecule has 8 heteroatoms. The van der Waals surface area contributed by atoms with Gasteiger partial charge in [0.15, 0.2) is 5.78 Å². The number of Topliss-reactive ketones (excluding diaryl/α,β-unsaturated/α-hetero) is 1. The number of carbonyl (C=O) groups is 3. The van der Waals surface area contributed by atoms with Crippen LogP contribution in [0.4, 0.5) is 4.79 Å². The summed E-state index contributed by atoms with van der Waals surface area (Å²) in [4.78, 5) is 42.9. The monoisotopic (exact) mass is 551 g/mol. The fourth-order valence-electron chi connectivity index (χ4n) is 6.66. The maximum Gasteiger partial charge on any atom is 0.410 e. The van der Waals surface area contributed by atoms with Gasteiger partial charge in [-0.2, -0.15) is 0 Å². The fraction of sp³-hybridized carbons (Fsp3) is 0.531. The number of piperidine rings is 1. The number of amides is 1. The smallest absolute Gasteiger partial charge is 0.410 e. The number of hydrogen-bond donors (Lipinski definition) is 0. The molecule has 8 nitrogen and oxygen atoms in total. The number of benzene rings is 2. The number of methoxy groups -OCH3 is 2. The second kappa shape index (κ2) is 13.4. The molecule has 6 atom stereocenters. The summed E-state index contributed by atoms with van der Waals surface area (Å²) >= 11 is 0. The number of hydrogen-bond acceptors (Lipinski definition) is 7. The van der Waals surface area contributed by atoms with Crippen LogP contribution in [0.15, 0.2) is 60.7 Å². The number of nitrogens with zero attached hydrogens (tertiary/aromatic N) is 1. The van der Waals surface area contributed by atoms with E-state index in [-0.39, 0.29) is 11.7 Å². The van der Waals surface area contributed by atoms with Crippen LogP contribution in [0.1, 0.15) is 50.7 Å². The van der Waals surface area contributed by atoms with Crippen molar-refractivity contribution in [1.29, 1.82) is 0 Å². The minimum Gasteiger partial charge on any atom is -0.468 e. The third-order valence-corrected chi connectivity index (χ3v) is 8.46. The summed E-state index contributed by atoms with van der Waals surface area (Å²) in [5.41, 5.74) is 0.801. The molecule has 2 fully saturated rings. The zero-order chi connectivity index (χ0) is 28.7. The first-order chi connectivity index (χ1) is 19.4. The maximum atomic E-state index is 14.3. The SMILES string of the molecule is CCCC[C@]12[C@@H](C(=O)OC)C(=O)[C@H]([C@H](C)COCc3ccccc3)[C@H](C[C@@H]1OCc1ccccc1)N2C(=O)OC. The van der Waals surface area contributed by atoms with E-state index >= 15 is 0 Å². The van der Waals surface area contributed by atoms with Crippen LogP contribution >= 0.6 is 0 Å². The predicted molar refractivity (Wildman–Crippen MR) is 149 cm³/mol. The van der Waals surface area contributed by atoms with Crippen molar-refractivity contribution in [2.45, 2.75) is 70.4 Å². The van der Waals surface area contributed by atoms with Crippen molar-refractivity contribution in [2.24, 2.45) is 17.8 Å². The molecule has 0 unspecified atom stereocenters. The standard InChI is InChI=1S/C32H41NO7/c1-5-6-17-32-26(40-21-24-15-11-8-12-16-24)18-25(33(32)31(36)38-4)27(29(34)28(32)30(35)37-3)22(2)19-39-20-23-13-9-7-10-14-23/h7-16,22,25-28H,5-6,17-21H2,1-4H3/t22-,25+,26+,27-,28-,32-/m1/s1. The van der Waals surface area contributed by atoms with Crippen molar-refractivity contribution in [3.8, 4) is 0 Å². The molecule has 0 aliphatic carbocycles. The van der Waals surface area contributed by atoms with Crippen molar-refractivity contribution in [1.82, 2.24) is 4.90 Å². The zero-order valence-corrected chi connectivity index (χ0v) is 23.9. The normalized spacial score (nSPS) is 26.4. The number of esters is 1. The van der Waals surface area contributed by atoms with Gasteiger partial charge in [-0.15, -0.1) is 0 Å². The molecule has 216 valence electrons. The average Bonchev–Trinajstić information content (AvgIpc) is 3.23. The third kappa shape index (κ3) is 5.79. The van der Waals surface area contributed by atoms with Crippen molar-refractivity contribution in [3.05, 3.63) is 71.8 Å². The zero-order valence-electron chi connectivity index (χ0n) is 23.9. The largest absolute Gasteiger partial charge is 0.468 e. The predicted octanol–water partition coefficient (Wildman–Crippen LogP) is 5.18. The minimum atomic E-state index is -1.20. The molecule has 40 heavy (non-hydrogen) atoms. The molecule has 2 aliphatic rings. The van der Waals surface area contributed by atoms with Crippen LogP contribution in [0.3, 0.4) is 0 Å². The highest BCUT2D eigenvalue weighted by Crippen LogP contribution is 2.54. The van der Waals surface area contributed by atoms with Crippen molar-refractivity contribution in [3.63, 3.8) is 0 Å². The van der Waals surface area contributed by atoms with E-state index in [9.17, 15) is 14.4 Å². The lowest BCUT2D eigenvalue weighted by molar-refractivity contribution is -0.170. The van der Waals surface area contributed by atoms with Crippen LogP contribution in [0.5, 0.6) is 0 Å². The van der Waals surface area contributed by atoms with E-state index in [1.165, 1.54) is 14.2 Å². The van der Waals surface area contributed by atoms with Gasteiger partial charge in [-0.25, -0.2) is 4.79 Å². The van der Waals surface area contributed by atoms with Crippen LogP contribution in [0.2, 0.25) is 0 Å². The molecule has 2 aromatic rings. The summed E-state index contributed by atoms with van der Waals surface area (Å²) < 4.78 is 23.1. The van der Waals surface area contributed by atoms with Gasteiger partial charge in [0.2, 0.25) is 0 Å². The summed E-state index contributed by atoms with van der Waals surface area (Å²) in [5.74, 6) is -2.96. The van der Waals surface area contributed by atoms with Gasteiger partial charge in [0.05, 0.1) is 45.7 Å². The Morgan fingerprint density at radius 1 is 0.975 bits per heavy atom. The number of ether oxygens (including phenoxy) is 4. The number of fused-ring (bicyclic) bond motifs is 2. The summed E-state index contributed by atoms with van der Waals surface area (Å²) in [6.45, 7) is 4.97. The molecule has 0 N–H and O–H groups in total. The Labute approximate surface area is 236 Å². The Kier molecular flexibility index (Phi) is 9.98. The van der Waals surface area contributed by atoms with Gasteiger partial charge in [-0.3, -0.25) is 14.5 Å². The molecular formula is C32H41NO7. The van der Waals surface area contributed by atoms with Crippen LogP contribution in [0, 0.1) is 17.8 Å². The van der Waals surface area contributed by atoms with Gasteiger partial charge in [0, 0.05) is 12.0 Å². The van der Waals surface area contributed by atoms with E-state index in [1.807, 2.05) is 74.5 Å². The molecule has 2 saturated heterocycles. The highest BCUT2D eigenvalue weighted by Gasteiger charge is 2.70. The molecule has 0 radical (unpaired) electrons. The number of carbonyl (C=O) groups excluding carboxylic acids is 3. The Hall–Kier alpha value is -3.23. The fourth-order valence-corrected chi connectivity index (χ4v) is 6.66. The van der Waals surface area contributed by atoms with Gasteiger partial charge < -0.3 is 18.9 Å². The number of unbranched alkanes of at least 4 members (excludes halogenated alkanes) is 1. The third-order valence-electron chi connectivity index (χ3n) is 8.46. The van der Waals surface area contributed by atoms with Crippen LogP contribution in [-0.4, -0.2) is 61.3 Å². The molecule has 0 spiro atoms. The van der Waals surface area contributed by atoms with E-state index in [0.717, 1.165) is 17.5 Å². The maximum absolute atomic E-state index is 14.3. The van der Waals surface area contributed by atoms with Crippen molar-refractivity contribution in [2.75, 3.05) is 20.8 Å². The van der Waals surface area contributed by atoms with Gasteiger partial charge in [-0.05, 0) is 29.9 Å². The molecule has 2 aromatic carbocycles. The molecular weight excluding hydrogens is 510 g/mol.